The number of rotatable bonds is 5. The van der Waals surface area contributed by atoms with E-state index in [9.17, 15) is 14.4 Å². The lowest BCUT2D eigenvalue weighted by atomic mass is 9.88. The molecule has 8 heteroatoms. The molecule has 0 saturated carbocycles. The van der Waals surface area contributed by atoms with Gasteiger partial charge in [-0.1, -0.05) is 30.3 Å². The Kier molecular flexibility index (Phi) is 5.54. The fourth-order valence-electron chi connectivity index (χ4n) is 4.24. The summed E-state index contributed by atoms with van der Waals surface area (Å²) in [7, 11) is 3.03. The van der Waals surface area contributed by atoms with E-state index < -0.39 is 11.6 Å². The maximum absolute atomic E-state index is 13.3. The first-order valence-electron chi connectivity index (χ1n) is 10.2. The van der Waals surface area contributed by atoms with Crippen LogP contribution in [-0.2, 0) is 11.3 Å². The van der Waals surface area contributed by atoms with Crippen molar-refractivity contribution in [2.75, 3.05) is 27.3 Å². The molecule has 0 aromatic heterocycles. The maximum Gasteiger partial charge on any atom is 0.325 e. The van der Waals surface area contributed by atoms with Crippen molar-refractivity contribution in [1.82, 2.24) is 15.1 Å². The van der Waals surface area contributed by atoms with Gasteiger partial charge in [-0.2, -0.15) is 0 Å². The number of hydrogen-bond donors (Lipinski definition) is 1. The Bertz CT molecular complexity index is 1010. The molecule has 2 saturated heterocycles. The molecule has 1 N–H and O–H groups in total. The second-order valence-electron chi connectivity index (χ2n) is 7.79. The molecular weight excluding hydrogens is 398 g/mol. The normalized spacial score (nSPS) is 20.7. The van der Waals surface area contributed by atoms with Gasteiger partial charge in [-0.05, 0) is 30.5 Å². The summed E-state index contributed by atoms with van der Waals surface area (Å²) in [6.45, 7) is 0.821. The zero-order valence-electron chi connectivity index (χ0n) is 17.6. The molecule has 8 nitrogen and oxygen atoms in total. The first-order chi connectivity index (χ1) is 15.0. The van der Waals surface area contributed by atoms with Gasteiger partial charge in [0.1, 0.15) is 17.0 Å². The lowest BCUT2D eigenvalue weighted by Crippen LogP contribution is -2.59. The Morgan fingerprint density at radius 2 is 1.87 bits per heavy atom. The van der Waals surface area contributed by atoms with Crippen LogP contribution in [0.4, 0.5) is 4.79 Å². The molecule has 31 heavy (non-hydrogen) atoms. The highest BCUT2D eigenvalue weighted by Crippen LogP contribution is 2.32. The van der Waals surface area contributed by atoms with Crippen LogP contribution in [0.3, 0.4) is 0 Å². The highest BCUT2D eigenvalue weighted by molar-refractivity contribution is 6.08. The number of carbonyl (C=O) groups is 3. The quantitative estimate of drug-likeness (QED) is 0.747. The number of imide groups is 1. The zero-order valence-corrected chi connectivity index (χ0v) is 17.6. The standard InChI is InChI=1S/C23H25N3O5/c1-30-17-9-10-18(19(13-17)31-2)20(27)25-12-6-11-23(15-25)21(28)26(22(29)24-23)14-16-7-4-3-5-8-16/h3-5,7-10,13H,6,11-12,14-15H2,1-2H3,(H,24,29)/t23-/m0/s1. The Hall–Kier alpha value is -3.55. The van der Waals surface area contributed by atoms with Gasteiger partial charge in [0.05, 0.1) is 32.9 Å². The first-order valence-corrected chi connectivity index (χ1v) is 10.2. The van der Waals surface area contributed by atoms with E-state index in [1.165, 1.54) is 12.0 Å². The van der Waals surface area contributed by atoms with Crippen molar-refractivity contribution in [2.24, 2.45) is 0 Å². The van der Waals surface area contributed by atoms with E-state index in [2.05, 4.69) is 5.32 Å². The molecule has 4 amide bonds. The predicted molar refractivity (Wildman–Crippen MR) is 113 cm³/mol. The van der Waals surface area contributed by atoms with E-state index in [1.807, 2.05) is 30.3 Å². The monoisotopic (exact) mass is 423 g/mol. The minimum atomic E-state index is -1.10. The molecule has 0 radical (unpaired) electrons. The molecule has 2 aliphatic heterocycles. The Morgan fingerprint density at radius 1 is 1.10 bits per heavy atom. The van der Waals surface area contributed by atoms with Crippen LogP contribution in [-0.4, -0.2) is 60.5 Å². The number of nitrogens with one attached hydrogen (secondary N) is 1. The summed E-state index contributed by atoms with van der Waals surface area (Å²) in [6, 6.07) is 13.9. The van der Waals surface area contributed by atoms with Crippen LogP contribution in [0.25, 0.3) is 0 Å². The predicted octanol–water partition coefficient (Wildman–Crippen LogP) is 2.43. The van der Waals surface area contributed by atoms with Crippen molar-refractivity contribution in [3.63, 3.8) is 0 Å². The van der Waals surface area contributed by atoms with Crippen LogP contribution in [0.5, 0.6) is 11.5 Å². The van der Waals surface area contributed by atoms with E-state index in [1.54, 1.807) is 30.2 Å². The number of nitrogens with zero attached hydrogens (tertiary/aromatic N) is 2. The third-order valence-corrected chi connectivity index (χ3v) is 5.85. The average molecular weight is 423 g/mol. The van der Waals surface area contributed by atoms with Crippen molar-refractivity contribution in [3.05, 3.63) is 59.7 Å². The number of urea groups is 1. The molecule has 2 aromatic rings. The van der Waals surface area contributed by atoms with Gasteiger partial charge in [0.25, 0.3) is 11.8 Å². The van der Waals surface area contributed by atoms with Crippen LogP contribution in [0.15, 0.2) is 48.5 Å². The molecule has 2 aromatic carbocycles. The molecule has 2 heterocycles. The number of carbonyl (C=O) groups excluding carboxylic acids is 3. The van der Waals surface area contributed by atoms with E-state index in [4.69, 9.17) is 9.47 Å². The van der Waals surface area contributed by atoms with Gasteiger partial charge in [0, 0.05) is 12.6 Å². The second kappa shape index (κ2) is 8.29. The third kappa shape index (κ3) is 3.81. The average Bonchev–Trinajstić information content (AvgIpc) is 3.02. The number of piperidine rings is 1. The Balaban J connectivity index is 1.55. The molecule has 4 rings (SSSR count). The molecule has 2 aliphatic rings. The van der Waals surface area contributed by atoms with Crippen LogP contribution < -0.4 is 14.8 Å². The van der Waals surface area contributed by atoms with Gasteiger partial charge < -0.3 is 19.7 Å². The smallest absolute Gasteiger partial charge is 0.325 e. The molecular formula is C23H25N3O5. The summed E-state index contributed by atoms with van der Waals surface area (Å²) < 4.78 is 10.6. The van der Waals surface area contributed by atoms with Crippen molar-refractivity contribution in [1.29, 1.82) is 0 Å². The van der Waals surface area contributed by atoms with E-state index >= 15 is 0 Å². The van der Waals surface area contributed by atoms with Crippen molar-refractivity contribution >= 4 is 17.8 Å². The summed E-state index contributed by atoms with van der Waals surface area (Å²) in [6.07, 6.45) is 1.10. The number of hydrogen-bond acceptors (Lipinski definition) is 5. The van der Waals surface area contributed by atoms with Gasteiger partial charge in [0.2, 0.25) is 0 Å². The van der Waals surface area contributed by atoms with Crippen molar-refractivity contribution in [2.45, 2.75) is 24.9 Å². The van der Waals surface area contributed by atoms with E-state index in [0.29, 0.717) is 36.4 Å². The summed E-state index contributed by atoms with van der Waals surface area (Å²) in [5, 5.41) is 2.86. The molecule has 0 aliphatic carbocycles. The van der Waals surface area contributed by atoms with Gasteiger partial charge in [-0.25, -0.2) is 4.79 Å². The Morgan fingerprint density at radius 3 is 2.58 bits per heavy atom. The summed E-state index contributed by atoms with van der Waals surface area (Å²) in [5.41, 5.74) is 0.160. The minimum Gasteiger partial charge on any atom is -0.497 e. The van der Waals surface area contributed by atoms with E-state index in [0.717, 1.165) is 5.56 Å². The summed E-state index contributed by atoms with van der Waals surface area (Å²) >= 11 is 0. The van der Waals surface area contributed by atoms with Crippen LogP contribution in [0, 0.1) is 0 Å². The highest BCUT2D eigenvalue weighted by Gasteiger charge is 2.53. The van der Waals surface area contributed by atoms with Crippen LogP contribution in [0.1, 0.15) is 28.8 Å². The third-order valence-electron chi connectivity index (χ3n) is 5.85. The van der Waals surface area contributed by atoms with Gasteiger partial charge >= 0.3 is 6.03 Å². The highest BCUT2D eigenvalue weighted by atomic mass is 16.5. The zero-order chi connectivity index (χ0) is 22.0. The topological polar surface area (TPSA) is 88.2 Å². The molecule has 2 fully saturated rings. The molecule has 1 spiro atoms. The van der Waals surface area contributed by atoms with Gasteiger partial charge in [0.15, 0.2) is 0 Å². The molecule has 0 bridgehead atoms. The molecule has 0 unspecified atom stereocenters. The largest absolute Gasteiger partial charge is 0.497 e. The first kappa shape index (κ1) is 20.7. The number of ether oxygens (including phenoxy) is 2. The number of likely N-dealkylation sites (tertiary alicyclic amines) is 1. The lowest BCUT2D eigenvalue weighted by Gasteiger charge is -2.38. The fourth-order valence-corrected chi connectivity index (χ4v) is 4.24. The maximum atomic E-state index is 13.3. The molecule has 162 valence electrons. The van der Waals surface area contributed by atoms with Gasteiger partial charge in [-0.15, -0.1) is 0 Å². The lowest BCUT2D eigenvalue weighted by molar-refractivity contribution is -0.133. The summed E-state index contributed by atoms with van der Waals surface area (Å²) in [5.74, 6) is 0.442. The SMILES string of the molecule is COc1ccc(C(=O)N2CCC[C@@]3(C2)NC(=O)N(Cc2ccccc2)C3=O)c(OC)c1. The summed E-state index contributed by atoms with van der Waals surface area (Å²) in [4.78, 5) is 42.0. The fraction of sp³-hybridized carbons (Fsp3) is 0.348. The van der Waals surface area contributed by atoms with Crippen LogP contribution in [0.2, 0.25) is 0 Å². The van der Waals surface area contributed by atoms with Crippen LogP contribution >= 0.6 is 0 Å². The van der Waals surface area contributed by atoms with Crippen molar-refractivity contribution < 1.29 is 23.9 Å². The molecule has 1 atom stereocenters. The minimum absolute atomic E-state index is 0.122. The van der Waals surface area contributed by atoms with Crippen molar-refractivity contribution in [3.8, 4) is 11.5 Å². The number of methoxy groups -OCH3 is 2. The van der Waals surface area contributed by atoms with Gasteiger partial charge in [-0.3, -0.25) is 14.5 Å². The van der Waals surface area contributed by atoms with E-state index in [-0.39, 0.29) is 24.9 Å². The Labute approximate surface area is 180 Å². The number of benzene rings is 2. The second-order valence-corrected chi connectivity index (χ2v) is 7.79. The number of amides is 4.